The highest BCUT2D eigenvalue weighted by molar-refractivity contribution is 7.15. The summed E-state index contributed by atoms with van der Waals surface area (Å²) in [6.45, 7) is 2.34. The molecule has 7 nitrogen and oxygen atoms in total. The van der Waals surface area contributed by atoms with Gasteiger partial charge in [0, 0.05) is 55.4 Å². The summed E-state index contributed by atoms with van der Waals surface area (Å²) in [4.78, 5) is 16.1. The Labute approximate surface area is 142 Å². The fraction of sp³-hybridized carbons (Fsp3) is 0.312. The Kier molecular flexibility index (Phi) is 3.70. The minimum absolute atomic E-state index is 0.182. The van der Waals surface area contributed by atoms with Crippen molar-refractivity contribution < 1.29 is 9.90 Å². The summed E-state index contributed by atoms with van der Waals surface area (Å²) in [6.07, 6.45) is 2.57. The lowest BCUT2D eigenvalue weighted by Gasteiger charge is -2.26. The molecule has 3 aromatic rings. The Morgan fingerprint density at radius 1 is 1.42 bits per heavy atom. The van der Waals surface area contributed by atoms with Crippen LogP contribution in [0.3, 0.4) is 0 Å². The van der Waals surface area contributed by atoms with E-state index in [2.05, 4.69) is 32.3 Å². The third-order valence-electron chi connectivity index (χ3n) is 4.33. The maximum absolute atomic E-state index is 11.4. The highest BCUT2D eigenvalue weighted by Crippen LogP contribution is 2.29. The minimum Gasteiger partial charge on any atom is -0.476 e. The topological polar surface area (TPSA) is 87.0 Å². The number of carboxylic acid groups (broad SMARTS) is 1. The zero-order chi connectivity index (χ0) is 16.7. The number of carbonyl (C=O) groups is 1. The number of nitrogens with zero attached hydrogens (tertiary/aromatic N) is 4. The molecule has 1 aliphatic heterocycles. The van der Waals surface area contributed by atoms with E-state index in [4.69, 9.17) is 0 Å². The van der Waals surface area contributed by atoms with Crippen LogP contribution in [0, 0.1) is 0 Å². The lowest BCUT2D eigenvalue weighted by molar-refractivity contribution is 0.0687. The van der Waals surface area contributed by atoms with E-state index in [1.807, 2.05) is 13.1 Å². The molecule has 4 rings (SSSR count). The van der Waals surface area contributed by atoms with Crippen LogP contribution in [-0.4, -0.2) is 42.5 Å². The first-order valence-corrected chi connectivity index (χ1v) is 8.52. The molecule has 0 aliphatic carbocycles. The van der Waals surface area contributed by atoms with Crippen molar-refractivity contribution in [2.24, 2.45) is 7.05 Å². The van der Waals surface area contributed by atoms with E-state index in [0.717, 1.165) is 41.3 Å². The molecule has 1 aliphatic rings. The largest absolute Gasteiger partial charge is 0.476 e. The van der Waals surface area contributed by atoms with Crippen molar-refractivity contribution in [2.75, 3.05) is 6.54 Å². The number of aromatic nitrogens is 4. The third kappa shape index (κ3) is 2.63. The summed E-state index contributed by atoms with van der Waals surface area (Å²) in [5.74, 6) is -0.952. The SMILES string of the molecule is Cn1nc(C(=O)O)c2c1CCN(Cc1ccc(-c3ccn[nH]3)s1)C2. The van der Waals surface area contributed by atoms with Gasteiger partial charge in [0.25, 0.3) is 0 Å². The Bertz CT molecular complexity index is 881. The summed E-state index contributed by atoms with van der Waals surface area (Å²) in [7, 11) is 1.82. The number of H-pyrrole nitrogens is 1. The van der Waals surface area contributed by atoms with Crippen LogP contribution in [0.25, 0.3) is 10.6 Å². The van der Waals surface area contributed by atoms with Crippen LogP contribution < -0.4 is 0 Å². The Morgan fingerprint density at radius 3 is 3.04 bits per heavy atom. The van der Waals surface area contributed by atoms with Gasteiger partial charge >= 0.3 is 5.97 Å². The average Bonchev–Trinajstić information content (AvgIpc) is 3.27. The standard InChI is InChI=1S/C16H17N5O2S/c1-20-13-5-7-21(9-11(13)15(19-20)16(22)23)8-10-2-3-14(24-10)12-4-6-17-18-12/h2-4,6H,5,7-9H2,1H3,(H,17,18)(H,22,23). The van der Waals surface area contributed by atoms with Gasteiger partial charge in [0.1, 0.15) is 0 Å². The molecule has 0 amide bonds. The Morgan fingerprint density at radius 2 is 2.29 bits per heavy atom. The zero-order valence-corrected chi connectivity index (χ0v) is 14.0. The fourth-order valence-corrected chi connectivity index (χ4v) is 4.20. The van der Waals surface area contributed by atoms with Gasteiger partial charge in [-0.2, -0.15) is 10.2 Å². The molecule has 4 heterocycles. The Balaban J connectivity index is 1.52. The number of aryl methyl sites for hydroxylation is 1. The van der Waals surface area contributed by atoms with Gasteiger partial charge in [0.15, 0.2) is 5.69 Å². The van der Waals surface area contributed by atoms with Crippen LogP contribution >= 0.6 is 11.3 Å². The number of fused-ring (bicyclic) bond motifs is 1. The monoisotopic (exact) mass is 343 g/mol. The second kappa shape index (κ2) is 5.88. The summed E-state index contributed by atoms with van der Waals surface area (Å²) in [6, 6.07) is 6.17. The first-order chi connectivity index (χ1) is 11.6. The molecule has 0 fully saturated rings. The maximum atomic E-state index is 11.4. The van der Waals surface area contributed by atoms with Gasteiger partial charge in [0.05, 0.1) is 10.6 Å². The van der Waals surface area contributed by atoms with Gasteiger partial charge in [-0.3, -0.25) is 14.7 Å². The number of rotatable bonds is 4. The second-order valence-electron chi connectivity index (χ2n) is 5.90. The first kappa shape index (κ1) is 15.1. The highest BCUT2D eigenvalue weighted by atomic mass is 32.1. The summed E-state index contributed by atoms with van der Waals surface area (Å²) in [5.41, 5.74) is 3.09. The maximum Gasteiger partial charge on any atom is 0.356 e. The van der Waals surface area contributed by atoms with Crippen molar-refractivity contribution in [1.82, 2.24) is 24.9 Å². The molecule has 0 aromatic carbocycles. The van der Waals surface area contributed by atoms with E-state index < -0.39 is 5.97 Å². The van der Waals surface area contributed by atoms with E-state index in [1.165, 1.54) is 4.88 Å². The van der Waals surface area contributed by atoms with E-state index in [-0.39, 0.29) is 5.69 Å². The van der Waals surface area contributed by atoms with Gasteiger partial charge in [-0.1, -0.05) is 0 Å². The van der Waals surface area contributed by atoms with Crippen molar-refractivity contribution in [1.29, 1.82) is 0 Å². The summed E-state index contributed by atoms with van der Waals surface area (Å²) < 4.78 is 1.71. The number of nitrogens with one attached hydrogen (secondary N) is 1. The zero-order valence-electron chi connectivity index (χ0n) is 13.2. The second-order valence-corrected chi connectivity index (χ2v) is 7.07. The molecular formula is C16H17N5O2S. The number of aromatic amines is 1. The Hall–Kier alpha value is -2.45. The molecule has 0 atom stereocenters. The molecule has 0 unspecified atom stereocenters. The quantitative estimate of drug-likeness (QED) is 0.758. The lowest BCUT2D eigenvalue weighted by atomic mass is 10.1. The van der Waals surface area contributed by atoms with Crippen LogP contribution in [0.2, 0.25) is 0 Å². The lowest BCUT2D eigenvalue weighted by Crippen LogP contribution is -2.30. The molecule has 2 N–H and O–H groups in total. The molecule has 0 spiro atoms. The van der Waals surface area contributed by atoms with E-state index in [1.54, 1.807) is 22.2 Å². The molecule has 24 heavy (non-hydrogen) atoms. The molecule has 3 aromatic heterocycles. The summed E-state index contributed by atoms with van der Waals surface area (Å²) in [5, 5.41) is 20.5. The molecule has 0 radical (unpaired) electrons. The number of aromatic carboxylic acids is 1. The molecule has 124 valence electrons. The van der Waals surface area contributed by atoms with Crippen molar-refractivity contribution in [3.63, 3.8) is 0 Å². The highest BCUT2D eigenvalue weighted by Gasteiger charge is 2.27. The normalized spacial score (nSPS) is 14.7. The van der Waals surface area contributed by atoms with Crippen molar-refractivity contribution in [2.45, 2.75) is 19.5 Å². The number of hydrogen-bond donors (Lipinski definition) is 2. The van der Waals surface area contributed by atoms with Gasteiger partial charge in [-0.05, 0) is 18.2 Å². The predicted molar refractivity (Wildman–Crippen MR) is 89.9 cm³/mol. The molecule has 0 bridgehead atoms. The van der Waals surface area contributed by atoms with Crippen molar-refractivity contribution in [3.8, 4) is 10.6 Å². The minimum atomic E-state index is -0.952. The first-order valence-electron chi connectivity index (χ1n) is 7.70. The third-order valence-corrected chi connectivity index (χ3v) is 5.43. The molecule has 8 heteroatoms. The van der Waals surface area contributed by atoms with Gasteiger partial charge < -0.3 is 5.11 Å². The number of carboxylic acids is 1. The average molecular weight is 343 g/mol. The van der Waals surface area contributed by atoms with E-state index >= 15 is 0 Å². The smallest absolute Gasteiger partial charge is 0.356 e. The van der Waals surface area contributed by atoms with E-state index in [0.29, 0.717) is 6.54 Å². The van der Waals surface area contributed by atoms with Crippen molar-refractivity contribution >= 4 is 17.3 Å². The molecular weight excluding hydrogens is 326 g/mol. The number of thiophene rings is 1. The van der Waals surface area contributed by atoms with Crippen LogP contribution in [0.1, 0.15) is 26.6 Å². The summed E-state index contributed by atoms with van der Waals surface area (Å²) >= 11 is 1.73. The van der Waals surface area contributed by atoms with Crippen LogP contribution in [-0.2, 0) is 26.6 Å². The van der Waals surface area contributed by atoms with Gasteiger partial charge in [0.2, 0.25) is 0 Å². The van der Waals surface area contributed by atoms with Crippen LogP contribution in [0.5, 0.6) is 0 Å². The van der Waals surface area contributed by atoms with Crippen LogP contribution in [0.15, 0.2) is 24.4 Å². The van der Waals surface area contributed by atoms with E-state index in [9.17, 15) is 9.90 Å². The van der Waals surface area contributed by atoms with Crippen molar-refractivity contribution in [3.05, 3.63) is 46.2 Å². The van der Waals surface area contributed by atoms with Gasteiger partial charge in [-0.15, -0.1) is 11.3 Å². The van der Waals surface area contributed by atoms with Gasteiger partial charge in [-0.25, -0.2) is 4.79 Å². The predicted octanol–water partition coefficient (Wildman–Crippen LogP) is 2.13. The number of hydrogen-bond acceptors (Lipinski definition) is 5. The molecule has 0 saturated heterocycles. The molecule has 0 saturated carbocycles. The van der Waals surface area contributed by atoms with Crippen LogP contribution in [0.4, 0.5) is 0 Å². The fourth-order valence-electron chi connectivity index (χ4n) is 3.18.